The molecule has 32 heavy (non-hydrogen) atoms. The number of rotatable bonds is 5. The van der Waals surface area contributed by atoms with Gasteiger partial charge in [-0.1, -0.05) is 48.5 Å². The summed E-state index contributed by atoms with van der Waals surface area (Å²) in [5.41, 5.74) is 6.77. The lowest BCUT2D eigenvalue weighted by Gasteiger charge is -2.11. The summed E-state index contributed by atoms with van der Waals surface area (Å²) in [5, 5.41) is 6.65. The van der Waals surface area contributed by atoms with Gasteiger partial charge < -0.3 is 0 Å². The van der Waals surface area contributed by atoms with E-state index in [1.54, 1.807) is 6.92 Å². The van der Waals surface area contributed by atoms with E-state index in [2.05, 4.69) is 20.9 Å². The van der Waals surface area contributed by atoms with Gasteiger partial charge in [-0.05, 0) is 19.1 Å². The maximum absolute atomic E-state index is 12.5. The number of carbonyl (C=O) groups excluding carboxylic acids is 2. The fourth-order valence-electron chi connectivity index (χ4n) is 3.04. The summed E-state index contributed by atoms with van der Waals surface area (Å²) in [6.07, 6.45) is -0.00659. The van der Waals surface area contributed by atoms with Crippen molar-refractivity contribution in [1.82, 2.24) is 25.6 Å². The smallest absolute Gasteiger partial charge is 0.287 e. The van der Waals surface area contributed by atoms with Crippen LogP contribution in [0.1, 0.15) is 21.2 Å². The van der Waals surface area contributed by atoms with E-state index < -0.39 is 17.2 Å². The highest BCUT2D eigenvalue weighted by Gasteiger charge is 2.17. The predicted octanol–water partition coefficient (Wildman–Crippen LogP) is 2.67. The second kappa shape index (κ2) is 9.36. The molecular weight excluding hydrogens is 426 g/mol. The lowest BCUT2D eigenvalue weighted by atomic mass is 10.2. The maximum atomic E-state index is 12.5. The van der Waals surface area contributed by atoms with Gasteiger partial charge >= 0.3 is 0 Å². The predicted molar refractivity (Wildman–Crippen MR) is 121 cm³/mol. The number of benzene rings is 2. The van der Waals surface area contributed by atoms with E-state index in [4.69, 9.17) is 0 Å². The van der Waals surface area contributed by atoms with Crippen LogP contribution in [-0.2, 0) is 11.2 Å². The first-order valence-electron chi connectivity index (χ1n) is 9.76. The summed E-state index contributed by atoms with van der Waals surface area (Å²) in [6.45, 7) is 1.72. The second-order valence-corrected chi connectivity index (χ2v) is 7.86. The molecule has 0 radical (unpaired) electrons. The third-order valence-electron chi connectivity index (χ3n) is 4.57. The minimum absolute atomic E-state index is 0.00659. The van der Waals surface area contributed by atoms with Crippen molar-refractivity contribution in [1.29, 1.82) is 0 Å². The van der Waals surface area contributed by atoms with Crippen molar-refractivity contribution in [2.45, 2.75) is 13.3 Å². The first-order valence-corrected chi connectivity index (χ1v) is 10.6. The lowest BCUT2D eigenvalue weighted by Crippen LogP contribution is -2.44. The molecule has 0 unspecified atom stereocenters. The number of aryl methyl sites for hydroxylation is 1. The first-order chi connectivity index (χ1) is 15.5. The van der Waals surface area contributed by atoms with Crippen LogP contribution in [0.2, 0.25) is 0 Å². The van der Waals surface area contributed by atoms with Crippen LogP contribution in [0.4, 0.5) is 0 Å². The first kappa shape index (κ1) is 21.1. The van der Waals surface area contributed by atoms with Crippen molar-refractivity contribution in [3.63, 3.8) is 0 Å². The summed E-state index contributed by atoms with van der Waals surface area (Å²) in [7, 11) is 0. The monoisotopic (exact) mass is 445 g/mol. The number of hydrogen-bond acceptors (Lipinski definition) is 6. The van der Waals surface area contributed by atoms with Crippen molar-refractivity contribution in [2.75, 3.05) is 0 Å². The van der Waals surface area contributed by atoms with Crippen molar-refractivity contribution in [3.05, 3.63) is 98.7 Å². The van der Waals surface area contributed by atoms with E-state index in [1.165, 1.54) is 22.1 Å². The van der Waals surface area contributed by atoms with Gasteiger partial charge in [-0.2, -0.15) is 5.10 Å². The minimum Gasteiger partial charge on any atom is -0.287 e. The van der Waals surface area contributed by atoms with E-state index in [9.17, 15) is 14.4 Å². The molecule has 2 aromatic heterocycles. The van der Waals surface area contributed by atoms with Crippen LogP contribution in [0, 0.1) is 6.92 Å². The third kappa shape index (κ3) is 4.79. The quantitative estimate of drug-likeness (QED) is 0.460. The number of carbonyl (C=O) groups is 2. The Hall–Kier alpha value is -4.11. The number of para-hydroxylation sites is 1. The topological polar surface area (TPSA) is 106 Å². The van der Waals surface area contributed by atoms with Gasteiger partial charge in [0, 0.05) is 22.7 Å². The molecule has 0 saturated carbocycles. The molecule has 0 spiro atoms. The largest absolute Gasteiger partial charge is 0.294 e. The van der Waals surface area contributed by atoms with Crippen LogP contribution in [0.25, 0.3) is 16.9 Å². The number of aromatic nitrogens is 3. The van der Waals surface area contributed by atoms with Crippen LogP contribution >= 0.6 is 11.3 Å². The molecule has 0 aliphatic heterocycles. The fourth-order valence-corrected chi connectivity index (χ4v) is 3.84. The van der Waals surface area contributed by atoms with E-state index in [0.29, 0.717) is 16.4 Å². The Kier molecular flexibility index (Phi) is 6.18. The Labute approximate surface area is 187 Å². The number of hydrazine groups is 1. The second-order valence-electron chi connectivity index (χ2n) is 6.92. The summed E-state index contributed by atoms with van der Waals surface area (Å²) in [6, 6.07) is 20.1. The van der Waals surface area contributed by atoms with Crippen LogP contribution in [0.3, 0.4) is 0 Å². The highest BCUT2D eigenvalue weighted by Crippen LogP contribution is 2.21. The Morgan fingerprint density at radius 1 is 1.00 bits per heavy atom. The number of nitrogens with zero attached hydrogens (tertiary/aromatic N) is 3. The minimum atomic E-state index is -0.794. The Morgan fingerprint density at radius 3 is 2.41 bits per heavy atom. The molecule has 4 aromatic rings. The molecule has 0 aliphatic carbocycles. The Bertz CT molecular complexity index is 1320. The van der Waals surface area contributed by atoms with Crippen molar-refractivity contribution in [3.8, 4) is 16.9 Å². The van der Waals surface area contributed by atoms with E-state index >= 15 is 0 Å². The number of amides is 2. The molecule has 9 heteroatoms. The molecule has 8 nitrogen and oxygen atoms in total. The van der Waals surface area contributed by atoms with Gasteiger partial charge in [0.25, 0.3) is 5.91 Å². The van der Waals surface area contributed by atoms with Gasteiger partial charge in [0.15, 0.2) is 5.69 Å². The van der Waals surface area contributed by atoms with Crippen molar-refractivity contribution in [2.24, 2.45) is 0 Å². The highest BCUT2D eigenvalue weighted by atomic mass is 32.1. The molecule has 0 atom stereocenters. The molecule has 4 rings (SSSR count). The summed E-state index contributed by atoms with van der Waals surface area (Å²) in [4.78, 5) is 41.5. The van der Waals surface area contributed by atoms with Gasteiger partial charge in [0.2, 0.25) is 11.3 Å². The average Bonchev–Trinajstić information content (AvgIpc) is 3.27. The number of thiazole rings is 1. The Balaban J connectivity index is 1.41. The standard InChI is InChI=1S/C23H19N5O3S/c1-15-12-19(29)22(27-28(15)17-10-6-3-7-11-17)23(31)26-25-20(30)13-21-24-18(14-32-21)16-8-4-2-5-9-16/h2-12,14H,13H2,1H3,(H,25,30)(H,26,31). The summed E-state index contributed by atoms with van der Waals surface area (Å²) in [5.74, 6) is -1.25. The molecule has 160 valence electrons. The molecule has 0 fully saturated rings. The molecule has 2 aromatic carbocycles. The maximum Gasteiger partial charge on any atom is 0.294 e. The number of nitrogens with one attached hydrogen (secondary N) is 2. The van der Waals surface area contributed by atoms with E-state index in [1.807, 2.05) is 66.0 Å². The molecular formula is C23H19N5O3S. The zero-order valence-electron chi connectivity index (χ0n) is 17.1. The van der Waals surface area contributed by atoms with Crippen LogP contribution in [0.15, 0.2) is 76.9 Å². The van der Waals surface area contributed by atoms with Crippen LogP contribution in [0.5, 0.6) is 0 Å². The zero-order valence-corrected chi connectivity index (χ0v) is 17.9. The summed E-state index contributed by atoms with van der Waals surface area (Å²) >= 11 is 1.36. The molecule has 2 N–H and O–H groups in total. The van der Waals surface area contributed by atoms with Gasteiger partial charge in [0.1, 0.15) is 5.01 Å². The average molecular weight is 446 g/mol. The molecule has 0 saturated heterocycles. The fraction of sp³-hybridized carbons (Fsp3) is 0.0870. The van der Waals surface area contributed by atoms with E-state index in [0.717, 1.165) is 11.3 Å². The van der Waals surface area contributed by atoms with Gasteiger partial charge in [-0.15, -0.1) is 11.3 Å². The van der Waals surface area contributed by atoms with Gasteiger partial charge in [-0.3, -0.25) is 25.2 Å². The lowest BCUT2D eigenvalue weighted by molar-refractivity contribution is -0.121. The van der Waals surface area contributed by atoms with Crippen LogP contribution < -0.4 is 16.3 Å². The van der Waals surface area contributed by atoms with Crippen molar-refractivity contribution >= 4 is 23.2 Å². The van der Waals surface area contributed by atoms with Crippen molar-refractivity contribution < 1.29 is 9.59 Å². The highest BCUT2D eigenvalue weighted by molar-refractivity contribution is 7.10. The normalized spacial score (nSPS) is 10.5. The SMILES string of the molecule is Cc1cc(=O)c(C(=O)NNC(=O)Cc2nc(-c3ccccc3)cs2)nn1-c1ccccc1. The third-order valence-corrected chi connectivity index (χ3v) is 5.42. The zero-order chi connectivity index (χ0) is 22.5. The Morgan fingerprint density at radius 2 is 1.69 bits per heavy atom. The number of hydrogen-bond donors (Lipinski definition) is 2. The summed E-state index contributed by atoms with van der Waals surface area (Å²) < 4.78 is 1.50. The molecule has 0 bridgehead atoms. The van der Waals surface area contributed by atoms with Gasteiger partial charge in [-0.25, -0.2) is 9.67 Å². The van der Waals surface area contributed by atoms with Gasteiger partial charge in [0.05, 0.1) is 17.8 Å². The van der Waals surface area contributed by atoms with E-state index in [-0.39, 0.29) is 12.1 Å². The molecule has 2 heterocycles. The molecule has 2 amide bonds. The molecule has 0 aliphatic rings. The van der Waals surface area contributed by atoms with Crippen LogP contribution in [-0.4, -0.2) is 26.6 Å².